The highest BCUT2D eigenvalue weighted by molar-refractivity contribution is 5.69. The zero-order valence-corrected chi connectivity index (χ0v) is 14.0. The molecule has 0 aliphatic heterocycles. The predicted molar refractivity (Wildman–Crippen MR) is 96.3 cm³/mol. The van der Waals surface area contributed by atoms with Crippen LogP contribution in [0.5, 0.6) is 11.6 Å². The van der Waals surface area contributed by atoms with Crippen LogP contribution in [0, 0.1) is 27.2 Å². The number of aromatic nitrogens is 2. The molecule has 0 atom stereocenters. The van der Waals surface area contributed by atoms with Crippen molar-refractivity contribution in [3.05, 3.63) is 80.7 Å². The van der Waals surface area contributed by atoms with Crippen molar-refractivity contribution >= 4 is 22.9 Å². The quantitative estimate of drug-likeness (QED) is 0.507. The molecule has 27 heavy (non-hydrogen) atoms. The molecule has 0 fully saturated rings. The number of non-ortho nitro benzene ring substituents is 1. The van der Waals surface area contributed by atoms with E-state index in [1.165, 1.54) is 24.3 Å². The fraction of sp³-hybridized carbons (Fsp3) is 0.0588. The molecule has 1 heterocycles. The summed E-state index contributed by atoms with van der Waals surface area (Å²) in [5.41, 5.74) is 0.636. The largest absolute Gasteiger partial charge is 0.434 e. The molecule has 10 nitrogen and oxygen atoms in total. The van der Waals surface area contributed by atoms with Crippen LogP contribution in [0.4, 0.5) is 22.9 Å². The Hall–Kier alpha value is -4.08. The van der Waals surface area contributed by atoms with Crippen molar-refractivity contribution in [2.24, 2.45) is 0 Å². The number of nitrogens with zero attached hydrogens (tertiary/aromatic N) is 4. The Bertz CT molecular complexity index is 1010. The first kappa shape index (κ1) is 17.7. The van der Waals surface area contributed by atoms with Gasteiger partial charge in [-0.05, 0) is 25.1 Å². The molecule has 0 saturated heterocycles. The Balaban J connectivity index is 1.96. The van der Waals surface area contributed by atoms with E-state index in [1.54, 1.807) is 24.3 Å². The van der Waals surface area contributed by atoms with E-state index in [-0.39, 0.29) is 23.1 Å². The molecule has 3 rings (SSSR count). The van der Waals surface area contributed by atoms with Crippen LogP contribution in [0.25, 0.3) is 0 Å². The summed E-state index contributed by atoms with van der Waals surface area (Å²) in [5.74, 6) is -0.00640. The van der Waals surface area contributed by atoms with Crippen molar-refractivity contribution in [1.29, 1.82) is 0 Å². The molecule has 0 aliphatic rings. The van der Waals surface area contributed by atoms with Gasteiger partial charge in [0.1, 0.15) is 12.1 Å². The van der Waals surface area contributed by atoms with Gasteiger partial charge in [-0.1, -0.05) is 23.8 Å². The lowest BCUT2D eigenvalue weighted by Gasteiger charge is -2.09. The van der Waals surface area contributed by atoms with Crippen LogP contribution in [0.2, 0.25) is 0 Å². The number of hydrogen-bond acceptors (Lipinski definition) is 8. The van der Waals surface area contributed by atoms with Crippen molar-refractivity contribution in [2.45, 2.75) is 6.92 Å². The maximum absolute atomic E-state index is 11.5. The van der Waals surface area contributed by atoms with Crippen LogP contribution in [0.1, 0.15) is 5.56 Å². The van der Waals surface area contributed by atoms with Gasteiger partial charge < -0.3 is 10.1 Å². The summed E-state index contributed by atoms with van der Waals surface area (Å²) in [4.78, 5) is 28.9. The van der Waals surface area contributed by atoms with E-state index >= 15 is 0 Å². The van der Waals surface area contributed by atoms with E-state index in [1.807, 2.05) is 6.92 Å². The second-order valence-corrected chi connectivity index (χ2v) is 5.48. The Morgan fingerprint density at radius 3 is 2.41 bits per heavy atom. The van der Waals surface area contributed by atoms with E-state index in [9.17, 15) is 20.2 Å². The van der Waals surface area contributed by atoms with Gasteiger partial charge in [0.25, 0.3) is 5.69 Å². The molecule has 2 aromatic carbocycles. The normalized spacial score (nSPS) is 10.3. The number of aryl methyl sites for hydroxylation is 1. The minimum absolute atomic E-state index is 0.141. The summed E-state index contributed by atoms with van der Waals surface area (Å²) in [6.07, 6.45) is 1.11. The maximum atomic E-state index is 11.5. The average Bonchev–Trinajstić information content (AvgIpc) is 2.64. The van der Waals surface area contributed by atoms with Crippen molar-refractivity contribution in [1.82, 2.24) is 9.97 Å². The zero-order valence-electron chi connectivity index (χ0n) is 14.0. The maximum Gasteiger partial charge on any atom is 0.373 e. The SMILES string of the molecule is Cc1ccc(Oc2ncnc(Nc3cccc([N+](=O)[O-])c3)c2[N+](=O)[O-])cc1. The van der Waals surface area contributed by atoms with E-state index in [4.69, 9.17) is 4.74 Å². The Labute approximate surface area is 152 Å². The smallest absolute Gasteiger partial charge is 0.373 e. The fourth-order valence-corrected chi connectivity index (χ4v) is 2.25. The summed E-state index contributed by atoms with van der Waals surface area (Å²) in [5, 5.41) is 25.1. The summed E-state index contributed by atoms with van der Waals surface area (Å²) >= 11 is 0. The summed E-state index contributed by atoms with van der Waals surface area (Å²) in [6.45, 7) is 1.90. The molecule has 3 aromatic rings. The second kappa shape index (κ2) is 7.44. The molecule has 0 spiro atoms. The average molecular weight is 367 g/mol. The lowest BCUT2D eigenvalue weighted by molar-refractivity contribution is -0.385. The third-order valence-corrected chi connectivity index (χ3v) is 3.53. The van der Waals surface area contributed by atoms with Crippen molar-refractivity contribution in [3.8, 4) is 11.6 Å². The zero-order chi connectivity index (χ0) is 19.4. The Morgan fingerprint density at radius 1 is 1.00 bits per heavy atom. The number of rotatable bonds is 6. The second-order valence-electron chi connectivity index (χ2n) is 5.48. The number of ether oxygens (including phenoxy) is 1. The van der Waals surface area contributed by atoms with Gasteiger partial charge in [-0.15, -0.1) is 0 Å². The van der Waals surface area contributed by atoms with E-state index in [2.05, 4.69) is 15.3 Å². The molecule has 0 unspecified atom stereocenters. The van der Waals surface area contributed by atoms with Crippen LogP contribution < -0.4 is 10.1 Å². The third kappa shape index (κ3) is 4.12. The summed E-state index contributed by atoms with van der Waals surface area (Å²) in [6, 6.07) is 12.5. The minimum atomic E-state index is -0.677. The summed E-state index contributed by atoms with van der Waals surface area (Å²) < 4.78 is 5.53. The van der Waals surface area contributed by atoms with Crippen molar-refractivity contribution in [3.63, 3.8) is 0 Å². The molecule has 0 saturated carbocycles. The molecule has 1 N–H and O–H groups in total. The predicted octanol–water partition coefficient (Wildman–Crippen LogP) is 4.14. The number of hydrogen-bond donors (Lipinski definition) is 1. The fourth-order valence-electron chi connectivity index (χ4n) is 2.25. The minimum Gasteiger partial charge on any atom is -0.434 e. The number of nitrogens with one attached hydrogen (secondary N) is 1. The van der Waals surface area contributed by atoms with Crippen molar-refractivity contribution in [2.75, 3.05) is 5.32 Å². The highest BCUT2D eigenvalue weighted by atomic mass is 16.6. The Kier molecular flexibility index (Phi) is 4.88. The van der Waals surface area contributed by atoms with Gasteiger partial charge in [-0.3, -0.25) is 20.2 Å². The van der Waals surface area contributed by atoms with Gasteiger partial charge in [0, 0.05) is 17.8 Å². The van der Waals surface area contributed by atoms with Gasteiger partial charge in [0.05, 0.1) is 9.85 Å². The first-order valence-corrected chi connectivity index (χ1v) is 7.69. The molecular formula is C17H13N5O5. The van der Waals surface area contributed by atoms with E-state index in [0.717, 1.165) is 11.9 Å². The molecule has 10 heteroatoms. The molecular weight excluding hydrogens is 354 g/mol. The molecule has 0 amide bonds. The topological polar surface area (TPSA) is 133 Å². The number of nitro groups is 2. The van der Waals surface area contributed by atoms with Gasteiger partial charge in [-0.2, -0.15) is 4.98 Å². The van der Waals surface area contributed by atoms with Crippen LogP contribution in [-0.4, -0.2) is 19.8 Å². The first-order valence-electron chi connectivity index (χ1n) is 7.69. The van der Waals surface area contributed by atoms with Gasteiger partial charge >= 0.3 is 11.6 Å². The highest BCUT2D eigenvalue weighted by Crippen LogP contribution is 2.35. The Morgan fingerprint density at radius 2 is 1.74 bits per heavy atom. The van der Waals surface area contributed by atoms with Gasteiger partial charge in [0.15, 0.2) is 0 Å². The van der Waals surface area contributed by atoms with Crippen LogP contribution in [0.15, 0.2) is 54.9 Å². The molecule has 0 bridgehead atoms. The lowest BCUT2D eigenvalue weighted by atomic mass is 10.2. The number of benzene rings is 2. The van der Waals surface area contributed by atoms with Crippen LogP contribution >= 0.6 is 0 Å². The molecule has 1 aromatic heterocycles. The molecule has 0 radical (unpaired) electrons. The first-order chi connectivity index (χ1) is 12.9. The highest BCUT2D eigenvalue weighted by Gasteiger charge is 2.25. The standard InChI is InChI=1S/C17H13N5O5/c1-11-5-7-14(8-6-11)27-17-15(22(25)26)16(18-10-19-17)20-12-3-2-4-13(9-12)21(23)24/h2-10H,1H3,(H,18,19,20). The summed E-state index contributed by atoms with van der Waals surface area (Å²) in [7, 11) is 0. The van der Waals surface area contributed by atoms with Crippen molar-refractivity contribution < 1.29 is 14.6 Å². The monoisotopic (exact) mass is 367 g/mol. The van der Waals surface area contributed by atoms with Crippen LogP contribution in [0.3, 0.4) is 0 Å². The molecule has 136 valence electrons. The van der Waals surface area contributed by atoms with Gasteiger partial charge in [-0.25, -0.2) is 4.98 Å². The number of nitro benzene ring substituents is 1. The van der Waals surface area contributed by atoms with E-state index < -0.39 is 15.5 Å². The van der Waals surface area contributed by atoms with Gasteiger partial charge in [0.2, 0.25) is 5.82 Å². The third-order valence-electron chi connectivity index (χ3n) is 3.53. The molecule has 0 aliphatic carbocycles. The van der Waals surface area contributed by atoms with E-state index in [0.29, 0.717) is 5.75 Å². The number of anilines is 2. The van der Waals surface area contributed by atoms with Crippen LogP contribution in [-0.2, 0) is 0 Å². The lowest BCUT2D eigenvalue weighted by Crippen LogP contribution is -2.03.